The molecule has 0 saturated heterocycles. The quantitative estimate of drug-likeness (QED) is 0.663. The molecule has 94 valence electrons. The molecular weight excluding hydrogens is 280 g/mol. The van der Waals surface area contributed by atoms with Gasteiger partial charge in [0.1, 0.15) is 5.75 Å². The molecule has 0 aliphatic heterocycles. The fraction of sp³-hybridized carbons (Fsp3) is 0.538. The van der Waals surface area contributed by atoms with Crippen LogP contribution in [0.4, 0.5) is 0 Å². The molecule has 17 heavy (non-hydrogen) atoms. The maximum Gasteiger partial charge on any atom is 0.133 e. The van der Waals surface area contributed by atoms with Crippen LogP contribution in [0, 0.1) is 5.92 Å². The van der Waals surface area contributed by atoms with Crippen LogP contribution in [0.5, 0.6) is 5.75 Å². The number of nitrogens with one attached hydrogen (secondary N) is 1. The maximum absolute atomic E-state index is 5.71. The molecule has 1 aliphatic carbocycles. The minimum Gasteiger partial charge on any atom is -0.496 e. The van der Waals surface area contributed by atoms with Gasteiger partial charge in [-0.25, -0.2) is 0 Å². The predicted octanol–water partition coefficient (Wildman–Crippen LogP) is 3.15. The molecule has 0 heterocycles. The van der Waals surface area contributed by atoms with Crippen LogP contribution in [0.15, 0.2) is 22.7 Å². The summed E-state index contributed by atoms with van der Waals surface area (Å²) in [4.78, 5) is 0. The van der Waals surface area contributed by atoms with Crippen molar-refractivity contribution in [1.29, 1.82) is 0 Å². The highest BCUT2D eigenvalue weighted by molar-refractivity contribution is 9.10. The highest BCUT2D eigenvalue weighted by atomic mass is 79.9. The summed E-state index contributed by atoms with van der Waals surface area (Å²) in [7, 11) is 1.68. The van der Waals surface area contributed by atoms with Crippen LogP contribution in [0.3, 0.4) is 0 Å². The van der Waals surface area contributed by atoms with Crippen molar-refractivity contribution < 1.29 is 4.74 Å². The molecule has 1 aromatic rings. The van der Waals surface area contributed by atoms with Crippen molar-refractivity contribution in [1.82, 2.24) is 5.43 Å². The first-order valence-corrected chi connectivity index (χ1v) is 6.85. The van der Waals surface area contributed by atoms with Gasteiger partial charge >= 0.3 is 0 Å². The smallest absolute Gasteiger partial charge is 0.133 e. The number of hydrazine groups is 1. The Morgan fingerprint density at radius 2 is 2.12 bits per heavy atom. The van der Waals surface area contributed by atoms with Crippen molar-refractivity contribution >= 4 is 15.9 Å². The molecule has 0 amide bonds. The molecule has 1 atom stereocenters. The molecular formula is C13H19BrN2O. The van der Waals surface area contributed by atoms with E-state index in [0.717, 1.165) is 10.2 Å². The van der Waals surface area contributed by atoms with Gasteiger partial charge in [0.05, 0.1) is 11.6 Å². The van der Waals surface area contributed by atoms with E-state index >= 15 is 0 Å². The minimum absolute atomic E-state index is 0.250. The fourth-order valence-electron chi connectivity index (χ4n) is 2.67. The molecule has 1 unspecified atom stereocenters. The van der Waals surface area contributed by atoms with Gasteiger partial charge in [0.25, 0.3) is 0 Å². The van der Waals surface area contributed by atoms with Crippen LogP contribution < -0.4 is 16.0 Å². The van der Waals surface area contributed by atoms with E-state index in [2.05, 4.69) is 33.5 Å². The van der Waals surface area contributed by atoms with Crippen molar-refractivity contribution in [2.45, 2.75) is 31.7 Å². The van der Waals surface area contributed by atoms with Gasteiger partial charge < -0.3 is 4.74 Å². The third-order valence-electron chi connectivity index (χ3n) is 3.59. The Hall–Kier alpha value is -0.580. The van der Waals surface area contributed by atoms with Crippen molar-refractivity contribution in [3.8, 4) is 5.75 Å². The zero-order chi connectivity index (χ0) is 12.3. The van der Waals surface area contributed by atoms with E-state index in [9.17, 15) is 0 Å². The van der Waals surface area contributed by atoms with Crippen LogP contribution in [-0.4, -0.2) is 7.11 Å². The second kappa shape index (κ2) is 5.85. The van der Waals surface area contributed by atoms with E-state index in [1.807, 2.05) is 6.07 Å². The molecule has 4 heteroatoms. The Bertz CT molecular complexity index is 378. The summed E-state index contributed by atoms with van der Waals surface area (Å²) >= 11 is 3.52. The summed E-state index contributed by atoms with van der Waals surface area (Å²) in [5.74, 6) is 7.22. The summed E-state index contributed by atoms with van der Waals surface area (Å²) < 4.78 is 6.22. The van der Waals surface area contributed by atoms with E-state index in [1.54, 1.807) is 7.11 Å². The SMILES string of the molecule is COc1ccc(C(NN)C2CCCC2)cc1Br. The summed E-state index contributed by atoms with van der Waals surface area (Å²) in [6.45, 7) is 0. The van der Waals surface area contributed by atoms with Crippen LogP contribution in [0.25, 0.3) is 0 Å². The van der Waals surface area contributed by atoms with Crippen molar-refractivity contribution in [3.05, 3.63) is 28.2 Å². The molecule has 1 saturated carbocycles. The molecule has 3 nitrogen and oxygen atoms in total. The molecule has 0 aromatic heterocycles. The second-order valence-corrected chi connectivity index (χ2v) is 5.44. The van der Waals surface area contributed by atoms with Gasteiger partial charge in [0, 0.05) is 6.04 Å². The average molecular weight is 299 g/mol. The monoisotopic (exact) mass is 298 g/mol. The number of nitrogens with two attached hydrogens (primary N) is 1. The van der Waals surface area contributed by atoms with Gasteiger partial charge in [-0.05, 0) is 52.4 Å². The molecule has 3 N–H and O–H groups in total. The third-order valence-corrected chi connectivity index (χ3v) is 4.21. The minimum atomic E-state index is 0.250. The van der Waals surface area contributed by atoms with Crippen LogP contribution in [-0.2, 0) is 0 Å². The number of hydrogen-bond donors (Lipinski definition) is 2. The summed E-state index contributed by atoms with van der Waals surface area (Å²) in [5.41, 5.74) is 4.19. The van der Waals surface area contributed by atoms with Crippen molar-refractivity contribution in [2.24, 2.45) is 11.8 Å². The van der Waals surface area contributed by atoms with Gasteiger partial charge in [-0.3, -0.25) is 11.3 Å². The molecule has 0 spiro atoms. The first-order valence-electron chi connectivity index (χ1n) is 6.06. The van der Waals surface area contributed by atoms with Crippen molar-refractivity contribution in [2.75, 3.05) is 7.11 Å². The summed E-state index contributed by atoms with van der Waals surface area (Å²) in [6.07, 6.45) is 5.16. The highest BCUT2D eigenvalue weighted by Crippen LogP contribution is 2.37. The number of benzene rings is 1. The average Bonchev–Trinajstić information content (AvgIpc) is 2.84. The molecule has 1 aromatic carbocycles. The standard InChI is InChI=1S/C13H19BrN2O/c1-17-12-7-6-10(8-11(12)14)13(16-15)9-4-2-3-5-9/h6-9,13,16H,2-5,15H2,1H3. The Morgan fingerprint density at radius 1 is 1.41 bits per heavy atom. The van der Waals surface area contributed by atoms with Gasteiger partial charge in [-0.2, -0.15) is 0 Å². The number of ether oxygens (including phenoxy) is 1. The van der Waals surface area contributed by atoms with E-state index in [0.29, 0.717) is 5.92 Å². The fourth-order valence-corrected chi connectivity index (χ4v) is 3.23. The number of hydrogen-bond acceptors (Lipinski definition) is 3. The lowest BCUT2D eigenvalue weighted by Crippen LogP contribution is -2.32. The van der Waals surface area contributed by atoms with Crippen LogP contribution in [0.2, 0.25) is 0 Å². The topological polar surface area (TPSA) is 47.3 Å². The maximum atomic E-state index is 5.71. The van der Waals surface area contributed by atoms with E-state index in [4.69, 9.17) is 10.6 Å². The van der Waals surface area contributed by atoms with Gasteiger partial charge in [0.15, 0.2) is 0 Å². The Labute approximate surface area is 111 Å². The van der Waals surface area contributed by atoms with Crippen LogP contribution >= 0.6 is 15.9 Å². The number of methoxy groups -OCH3 is 1. The zero-order valence-electron chi connectivity index (χ0n) is 10.1. The predicted molar refractivity (Wildman–Crippen MR) is 72.7 cm³/mol. The van der Waals surface area contributed by atoms with E-state index < -0.39 is 0 Å². The summed E-state index contributed by atoms with van der Waals surface area (Å²) in [6, 6.07) is 6.42. The summed E-state index contributed by atoms with van der Waals surface area (Å²) in [5, 5.41) is 0. The highest BCUT2D eigenvalue weighted by Gasteiger charge is 2.25. The molecule has 0 bridgehead atoms. The van der Waals surface area contributed by atoms with E-state index in [-0.39, 0.29) is 6.04 Å². The number of halogens is 1. The largest absolute Gasteiger partial charge is 0.496 e. The van der Waals surface area contributed by atoms with E-state index in [1.165, 1.54) is 31.2 Å². The zero-order valence-corrected chi connectivity index (χ0v) is 11.7. The van der Waals surface area contributed by atoms with Crippen molar-refractivity contribution in [3.63, 3.8) is 0 Å². The second-order valence-electron chi connectivity index (χ2n) is 4.58. The lowest BCUT2D eigenvalue weighted by molar-refractivity contribution is 0.372. The molecule has 0 radical (unpaired) electrons. The Kier molecular flexibility index (Phi) is 4.42. The first-order chi connectivity index (χ1) is 8.26. The van der Waals surface area contributed by atoms with Crippen LogP contribution in [0.1, 0.15) is 37.3 Å². The third kappa shape index (κ3) is 2.81. The molecule has 1 aliphatic rings. The Morgan fingerprint density at radius 3 is 2.65 bits per heavy atom. The van der Waals surface area contributed by atoms with Gasteiger partial charge in [-0.1, -0.05) is 18.9 Å². The normalized spacial score (nSPS) is 18.3. The Balaban J connectivity index is 2.21. The van der Waals surface area contributed by atoms with Gasteiger partial charge in [-0.15, -0.1) is 0 Å². The van der Waals surface area contributed by atoms with Gasteiger partial charge in [0.2, 0.25) is 0 Å². The lowest BCUT2D eigenvalue weighted by Gasteiger charge is -2.23. The lowest BCUT2D eigenvalue weighted by atomic mass is 9.92. The first kappa shape index (κ1) is 12.9. The molecule has 2 rings (SSSR count). The number of rotatable bonds is 4. The molecule has 1 fully saturated rings.